The number of aliphatic hydroxyl groups is 1. The zero-order valence-electron chi connectivity index (χ0n) is 10.6. The van der Waals surface area contributed by atoms with Gasteiger partial charge in [-0.25, -0.2) is 9.59 Å². The van der Waals surface area contributed by atoms with Crippen LogP contribution in [0.15, 0.2) is 0 Å². The largest absolute Gasteiger partial charge is 0.479 e. The molecular weight excluding hydrogens is 283 g/mol. The van der Waals surface area contributed by atoms with Gasteiger partial charge in [0.25, 0.3) is 0 Å². The standard InChI is InChI=1S/C10H16F3N3O4/c11-10(12,13)6-15-1-3-16(4-2-15)9(20)14-5-7(17)8(18)19/h7,17H,1-6H2,(H,14,20)(H,18,19)/t7-/m0/s1. The second-order valence-corrected chi connectivity index (χ2v) is 4.42. The highest BCUT2D eigenvalue weighted by Crippen LogP contribution is 2.17. The molecule has 20 heavy (non-hydrogen) atoms. The highest BCUT2D eigenvalue weighted by atomic mass is 19.4. The number of halogens is 3. The lowest BCUT2D eigenvalue weighted by Crippen LogP contribution is -2.54. The molecule has 0 aliphatic carbocycles. The molecule has 1 aliphatic rings. The maximum Gasteiger partial charge on any atom is 0.401 e. The number of carbonyl (C=O) groups is 2. The third-order valence-corrected chi connectivity index (χ3v) is 2.79. The molecule has 1 heterocycles. The van der Waals surface area contributed by atoms with E-state index < -0.39 is 37.4 Å². The van der Waals surface area contributed by atoms with Gasteiger partial charge < -0.3 is 20.4 Å². The summed E-state index contributed by atoms with van der Waals surface area (Å²) in [5.41, 5.74) is 0. The molecule has 0 bridgehead atoms. The number of piperazine rings is 1. The number of nitrogens with one attached hydrogen (secondary N) is 1. The van der Waals surface area contributed by atoms with Gasteiger partial charge >= 0.3 is 18.2 Å². The second kappa shape index (κ2) is 6.75. The normalized spacial score (nSPS) is 18.7. The van der Waals surface area contributed by atoms with Crippen LogP contribution >= 0.6 is 0 Å². The number of hydrogen-bond acceptors (Lipinski definition) is 4. The van der Waals surface area contributed by atoms with Gasteiger partial charge in [0.15, 0.2) is 6.10 Å². The highest BCUT2D eigenvalue weighted by Gasteiger charge is 2.32. The number of hydrogen-bond donors (Lipinski definition) is 3. The molecule has 0 aromatic rings. The van der Waals surface area contributed by atoms with Crippen molar-refractivity contribution in [1.29, 1.82) is 0 Å². The molecule has 1 saturated heterocycles. The fraction of sp³-hybridized carbons (Fsp3) is 0.800. The average molecular weight is 299 g/mol. The Bertz CT molecular complexity index is 356. The first kappa shape index (κ1) is 16.5. The number of alkyl halides is 3. The maximum atomic E-state index is 12.2. The predicted octanol–water partition coefficient (Wildman–Crippen LogP) is -0.679. The molecule has 2 amide bonds. The van der Waals surface area contributed by atoms with Crippen LogP contribution in [0.4, 0.5) is 18.0 Å². The Labute approximate surface area is 112 Å². The summed E-state index contributed by atoms with van der Waals surface area (Å²) in [7, 11) is 0. The summed E-state index contributed by atoms with van der Waals surface area (Å²) in [6, 6.07) is -0.600. The Balaban J connectivity index is 2.30. The van der Waals surface area contributed by atoms with E-state index in [2.05, 4.69) is 5.32 Å². The molecule has 116 valence electrons. The number of urea groups is 1. The predicted molar refractivity (Wildman–Crippen MR) is 61.1 cm³/mol. The highest BCUT2D eigenvalue weighted by molar-refractivity contribution is 5.76. The Hall–Kier alpha value is -1.55. The molecule has 7 nitrogen and oxygen atoms in total. The van der Waals surface area contributed by atoms with Crippen molar-refractivity contribution in [3.05, 3.63) is 0 Å². The maximum absolute atomic E-state index is 12.2. The lowest BCUT2D eigenvalue weighted by atomic mass is 10.3. The van der Waals surface area contributed by atoms with Gasteiger partial charge in [-0.1, -0.05) is 0 Å². The van der Waals surface area contributed by atoms with Crippen LogP contribution in [0.25, 0.3) is 0 Å². The first-order valence-electron chi connectivity index (χ1n) is 5.92. The van der Waals surface area contributed by atoms with Crippen molar-refractivity contribution in [2.24, 2.45) is 0 Å². The van der Waals surface area contributed by atoms with Crippen LogP contribution < -0.4 is 5.32 Å². The van der Waals surface area contributed by atoms with Crippen LogP contribution in [0.3, 0.4) is 0 Å². The van der Waals surface area contributed by atoms with Gasteiger partial charge in [-0.05, 0) is 0 Å². The average Bonchev–Trinajstić information content (AvgIpc) is 2.34. The number of rotatable bonds is 4. The van der Waals surface area contributed by atoms with Crippen molar-refractivity contribution in [3.8, 4) is 0 Å². The Morgan fingerprint density at radius 3 is 2.20 bits per heavy atom. The van der Waals surface area contributed by atoms with E-state index in [0.717, 1.165) is 0 Å². The van der Waals surface area contributed by atoms with Crippen molar-refractivity contribution < 1.29 is 33.0 Å². The fourth-order valence-electron chi connectivity index (χ4n) is 1.75. The van der Waals surface area contributed by atoms with Crippen molar-refractivity contribution in [2.45, 2.75) is 12.3 Å². The summed E-state index contributed by atoms with van der Waals surface area (Å²) in [6.07, 6.45) is -5.97. The molecule has 1 aliphatic heterocycles. The van der Waals surface area contributed by atoms with Crippen molar-refractivity contribution >= 4 is 12.0 Å². The van der Waals surface area contributed by atoms with Gasteiger partial charge in [-0.15, -0.1) is 0 Å². The molecule has 1 atom stereocenters. The Morgan fingerprint density at radius 2 is 1.75 bits per heavy atom. The quantitative estimate of drug-likeness (QED) is 0.640. The van der Waals surface area contributed by atoms with Crippen LogP contribution in [0.1, 0.15) is 0 Å². The Kier molecular flexibility index (Phi) is 5.57. The van der Waals surface area contributed by atoms with Gasteiger partial charge in [-0.3, -0.25) is 4.90 Å². The van der Waals surface area contributed by atoms with E-state index in [9.17, 15) is 22.8 Å². The van der Waals surface area contributed by atoms with Gasteiger partial charge in [0.1, 0.15) is 0 Å². The van der Waals surface area contributed by atoms with E-state index in [0.29, 0.717) is 0 Å². The SMILES string of the molecule is O=C(O)[C@@H](O)CNC(=O)N1CCN(CC(F)(F)F)CC1. The summed E-state index contributed by atoms with van der Waals surface area (Å²) < 4.78 is 36.5. The number of carboxylic acid groups (broad SMARTS) is 1. The molecule has 1 rings (SSSR count). The molecule has 0 unspecified atom stereocenters. The minimum Gasteiger partial charge on any atom is -0.479 e. The fourth-order valence-corrected chi connectivity index (χ4v) is 1.75. The zero-order valence-corrected chi connectivity index (χ0v) is 10.6. The summed E-state index contributed by atoms with van der Waals surface area (Å²) in [6.45, 7) is -1.05. The van der Waals surface area contributed by atoms with Crippen LogP contribution in [0.5, 0.6) is 0 Å². The van der Waals surface area contributed by atoms with Gasteiger partial charge in [0.05, 0.1) is 13.1 Å². The van der Waals surface area contributed by atoms with Crippen LogP contribution in [0, 0.1) is 0 Å². The third-order valence-electron chi connectivity index (χ3n) is 2.79. The molecule has 0 aromatic heterocycles. The van der Waals surface area contributed by atoms with Crippen LogP contribution in [-0.2, 0) is 4.79 Å². The molecule has 0 aromatic carbocycles. The van der Waals surface area contributed by atoms with Crippen molar-refractivity contribution in [2.75, 3.05) is 39.3 Å². The molecule has 10 heteroatoms. The molecule has 0 spiro atoms. The molecule has 3 N–H and O–H groups in total. The smallest absolute Gasteiger partial charge is 0.401 e. The Morgan fingerprint density at radius 1 is 1.20 bits per heavy atom. The van der Waals surface area contributed by atoms with Gasteiger partial charge in [0, 0.05) is 26.2 Å². The lowest BCUT2D eigenvalue weighted by molar-refractivity contribution is -0.148. The summed E-state index contributed by atoms with van der Waals surface area (Å²) in [4.78, 5) is 24.4. The van der Waals surface area contributed by atoms with Crippen molar-refractivity contribution in [1.82, 2.24) is 15.1 Å². The van der Waals surface area contributed by atoms with E-state index in [1.807, 2.05) is 0 Å². The minimum atomic E-state index is -4.27. The second-order valence-electron chi connectivity index (χ2n) is 4.42. The number of nitrogens with zero attached hydrogens (tertiary/aromatic N) is 2. The van der Waals surface area contributed by atoms with E-state index in [1.54, 1.807) is 0 Å². The number of aliphatic carboxylic acids is 1. The number of aliphatic hydroxyl groups excluding tert-OH is 1. The first-order chi connectivity index (χ1) is 9.19. The van der Waals surface area contributed by atoms with E-state index in [1.165, 1.54) is 9.80 Å². The third kappa shape index (κ3) is 5.61. The van der Waals surface area contributed by atoms with E-state index in [-0.39, 0.29) is 26.2 Å². The van der Waals surface area contributed by atoms with Crippen LogP contribution in [0.2, 0.25) is 0 Å². The van der Waals surface area contributed by atoms with E-state index in [4.69, 9.17) is 10.2 Å². The number of carbonyl (C=O) groups excluding carboxylic acids is 1. The van der Waals surface area contributed by atoms with Crippen molar-refractivity contribution in [3.63, 3.8) is 0 Å². The molecule has 0 saturated carbocycles. The minimum absolute atomic E-state index is 0.0917. The summed E-state index contributed by atoms with van der Waals surface area (Å²) in [5, 5.41) is 19.6. The molecule has 0 radical (unpaired) electrons. The molecule has 1 fully saturated rings. The molecular formula is C10H16F3N3O4. The lowest BCUT2D eigenvalue weighted by Gasteiger charge is -2.35. The van der Waals surface area contributed by atoms with E-state index >= 15 is 0 Å². The van der Waals surface area contributed by atoms with Gasteiger partial charge in [0.2, 0.25) is 0 Å². The summed E-state index contributed by atoms with van der Waals surface area (Å²) >= 11 is 0. The topological polar surface area (TPSA) is 93.1 Å². The number of carboxylic acids is 1. The summed E-state index contributed by atoms with van der Waals surface area (Å²) in [5.74, 6) is -1.46. The zero-order chi connectivity index (χ0) is 15.3. The number of amides is 2. The van der Waals surface area contributed by atoms with Crippen LogP contribution in [-0.4, -0.2) is 83.6 Å². The monoisotopic (exact) mass is 299 g/mol. The first-order valence-corrected chi connectivity index (χ1v) is 5.92. The van der Waals surface area contributed by atoms with Gasteiger partial charge in [-0.2, -0.15) is 13.2 Å².